The molecule has 0 aliphatic heterocycles. The zero-order valence-electron chi connectivity index (χ0n) is 13.2. The van der Waals surface area contributed by atoms with Crippen molar-refractivity contribution in [2.75, 3.05) is 0 Å². The molecule has 0 aromatic heterocycles. The first kappa shape index (κ1) is 26.7. The van der Waals surface area contributed by atoms with Crippen molar-refractivity contribution >= 4 is 0 Å². The minimum Gasteiger partial charge on any atom is -0.658 e. The molecule has 0 atom stereocenters. The summed E-state index contributed by atoms with van der Waals surface area (Å²) in [6.07, 6.45) is 0. The second-order valence-corrected chi connectivity index (χ2v) is 4.67. The fourth-order valence-electron chi connectivity index (χ4n) is 1.19. The summed E-state index contributed by atoms with van der Waals surface area (Å²) in [7, 11) is 0. The van der Waals surface area contributed by atoms with Crippen molar-refractivity contribution in [1.82, 2.24) is 0 Å². The minimum atomic E-state index is 0. The van der Waals surface area contributed by atoms with Crippen LogP contribution in [0.1, 0.15) is 55.4 Å². The molecule has 0 amide bonds. The first-order chi connectivity index (χ1) is 6.25. The molecule has 0 radical (unpaired) electrons. The first-order valence-corrected chi connectivity index (χ1v) is 5.65. The molecule has 0 spiro atoms. The van der Waals surface area contributed by atoms with E-state index in [2.05, 4.69) is 66.0 Å². The second-order valence-electron chi connectivity index (χ2n) is 4.67. The smallest absolute Gasteiger partial charge is 0.658 e. The van der Waals surface area contributed by atoms with Crippen LogP contribution in [0.3, 0.4) is 0 Å². The Morgan fingerprint density at radius 2 is 0.625 bits per heavy atom. The zero-order valence-corrected chi connectivity index (χ0v) is 16.3. The molecular formula is C12H28KLiN2. The molecule has 0 bridgehead atoms. The average molecular weight is 246 g/mol. The van der Waals surface area contributed by atoms with E-state index in [4.69, 9.17) is 0 Å². The number of nitrogens with zero attached hydrogens (tertiary/aromatic N) is 2. The van der Waals surface area contributed by atoms with E-state index in [0.717, 1.165) is 0 Å². The van der Waals surface area contributed by atoms with Gasteiger partial charge in [0, 0.05) is 0 Å². The molecule has 0 saturated heterocycles. The van der Waals surface area contributed by atoms with E-state index < -0.39 is 0 Å². The van der Waals surface area contributed by atoms with Crippen LogP contribution in [-0.2, 0) is 0 Å². The Labute approximate surface area is 158 Å². The van der Waals surface area contributed by atoms with Gasteiger partial charge < -0.3 is 10.6 Å². The molecule has 0 N–H and O–H groups in total. The molecular weight excluding hydrogens is 218 g/mol. The Balaban J connectivity index is -0.0000000800. The van der Waals surface area contributed by atoms with Gasteiger partial charge in [-0.2, -0.15) is 0 Å². The molecule has 0 unspecified atom stereocenters. The average Bonchev–Trinajstić information content (AvgIpc) is 1.79. The molecule has 2 nitrogen and oxygen atoms in total. The van der Waals surface area contributed by atoms with Crippen LogP contribution in [0.2, 0.25) is 0 Å². The standard InChI is InChI=1S/2C6H14N.K.Li/c2*1-5(2)7-6(3)4;;/h2*5-6H,1-4H3;;/q2*-1;2*+1. The van der Waals surface area contributed by atoms with Crippen molar-refractivity contribution in [3.63, 3.8) is 0 Å². The van der Waals surface area contributed by atoms with Crippen LogP contribution in [0.4, 0.5) is 0 Å². The fourth-order valence-corrected chi connectivity index (χ4v) is 1.19. The first-order valence-electron chi connectivity index (χ1n) is 5.65. The SMILES string of the molecule is CC(C)[N-]C(C)C.CC(C)[N-]C(C)C.[K+].[Li+]. The number of hydrogen-bond acceptors (Lipinski definition) is 0. The molecule has 0 saturated carbocycles. The van der Waals surface area contributed by atoms with E-state index in [-0.39, 0.29) is 70.2 Å². The molecule has 16 heavy (non-hydrogen) atoms. The Kier molecular flexibility index (Phi) is 28.6. The van der Waals surface area contributed by atoms with Crippen molar-refractivity contribution in [3.8, 4) is 0 Å². The maximum absolute atomic E-state index is 4.28. The third kappa shape index (κ3) is 36.0. The second kappa shape index (κ2) is 17.2. The molecule has 0 aliphatic rings. The summed E-state index contributed by atoms with van der Waals surface area (Å²) in [5.74, 6) is 0. The normalized spacial score (nSPS) is 9.75. The van der Waals surface area contributed by atoms with Crippen molar-refractivity contribution in [3.05, 3.63) is 10.6 Å². The van der Waals surface area contributed by atoms with Gasteiger partial charge in [-0.15, -0.1) is 24.2 Å². The summed E-state index contributed by atoms with van der Waals surface area (Å²) < 4.78 is 0. The Morgan fingerprint density at radius 1 is 0.500 bits per heavy atom. The molecule has 4 heteroatoms. The summed E-state index contributed by atoms with van der Waals surface area (Å²) in [5, 5.41) is 8.56. The van der Waals surface area contributed by atoms with Gasteiger partial charge in [0.15, 0.2) is 0 Å². The van der Waals surface area contributed by atoms with Crippen molar-refractivity contribution in [2.24, 2.45) is 0 Å². The molecule has 0 aromatic carbocycles. The van der Waals surface area contributed by atoms with E-state index >= 15 is 0 Å². The predicted molar refractivity (Wildman–Crippen MR) is 67.3 cm³/mol. The molecule has 88 valence electrons. The van der Waals surface area contributed by atoms with Gasteiger partial charge in [-0.1, -0.05) is 55.4 Å². The van der Waals surface area contributed by atoms with Gasteiger partial charge in [0.25, 0.3) is 0 Å². The summed E-state index contributed by atoms with van der Waals surface area (Å²) in [6.45, 7) is 16.8. The number of hydrogen-bond donors (Lipinski definition) is 0. The molecule has 0 aromatic rings. The maximum atomic E-state index is 4.28. The van der Waals surface area contributed by atoms with Crippen LogP contribution >= 0.6 is 0 Å². The third-order valence-corrected chi connectivity index (χ3v) is 1.19. The number of rotatable bonds is 4. The van der Waals surface area contributed by atoms with Gasteiger partial charge in [0.1, 0.15) is 0 Å². The van der Waals surface area contributed by atoms with Gasteiger partial charge in [-0.3, -0.25) is 0 Å². The van der Waals surface area contributed by atoms with Gasteiger partial charge in [0.2, 0.25) is 0 Å². The van der Waals surface area contributed by atoms with Gasteiger partial charge >= 0.3 is 70.2 Å². The van der Waals surface area contributed by atoms with Crippen molar-refractivity contribution in [1.29, 1.82) is 0 Å². The van der Waals surface area contributed by atoms with Crippen LogP contribution in [-0.4, -0.2) is 24.2 Å². The van der Waals surface area contributed by atoms with Crippen molar-refractivity contribution < 1.29 is 70.2 Å². The van der Waals surface area contributed by atoms with Crippen LogP contribution in [0.5, 0.6) is 0 Å². The van der Waals surface area contributed by atoms with E-state index in [1.165, 1.54) is 0 Å². The molecule has 0 fully saturated rings. The van der Waals surface area contributed by atoms with E-state index in [1.54, 1.807) is 0 Å². The van der Waals surface area contributed by atoms with Crippen LogP contribution < -0.4 is 70.2 Å². The summed E-state index contributed by atoms with van der Waals surface area (Å²) in [6, 6.07) is 2.00. The molecule has 0 aliphatic carbocycles. The van der Waals surface area contributed by atoms with Crippen LogP contribution in [0.25, 0.3) is 10.6 Å². The van der Waals surface area contributed by atoms with Crippen LogP contribution in [0.15, 0.2) is 0 Å². The van der Waals surface area contributed by atoms with Gasteiger partial charge in [-0.05, 0) is 0 Å². The summed E-state index contributed by atoms with van der Waals surface area (Å²) >= 11 is 0. The largest absolute Gasteiger partial charge is 1.00 e. The van der Waals surface area contributed by atoms with E-state index in [1.807, 2.05) is 0 Å². The van der Waals surface area contributed by atoms with E-state index in [0.29, 0.717) is 24.2 Å². The van der Waals surface area contributed by atoms with E-state index in [9.17, 15) is 0 Å². The van der Waals surface area contributed by atoms with Gasteiger partial charge in [-0.25, -0.2) is 0 Å². The molecule has 0 rings (SSSR count). The molecule has 0 heterocycles. The monoisotopic (exact) mass is 246 g/mol. The quantitative estimate of drug-likeness (QED) is 0.533. The maximum Gasteiger partial charge on any atom is 1.00 e. The minimum absolute atomic E-state index is 0. The predicted octanol–water partition coefficient (Wildman–Crippen LogP) is -1.64. The summed E-state index contributed by atoms with van der Waals surface area (Å²) in [5.41, 5.74) is 0. The topological polar surface area (TPSA) is 28.2 Å². The van der Waals surface area contributed by atoms with Crippen molar-refractivity contribution in [2.45, 2.75) is 79.6 Å². The Morgan fingerprint density at radius 3 is 0.625 bits per heavy atom. The fraction of sp³-hybridized carbons (Fsp3) is 1.00. The Hall–Kier alpha value is 2.15. The van der Waals surface area contributed by atoms with Crippen LogP contribution in [0, 0.1) is 0 Å². The van der Waals surface area contributed by atoms with Gasteiger partial charge in [0.05, 0.1) is 0 Å². The zero-order chi connectivity index (χ0) is 11.7. The third-order valence-electron chi connectivity index (χ3n) is 1.19. The Bertz CT molecular complexity index is 91.6. The summed E-state index contributed by atoms with van der Waals surface area (Å²) in [4.78, 5) is 0.